The second-order valence-electron chi connectivity index (χ2n) is 4.67. The maximum absolute atomic E-state index is 9.81. The highest BCUT2D eigenvalue weighted by molar-refractivity contribution is 5.50. The second-order valence-corrected chi connectivity index (χ2v) is 4.67. The molecule has 0 saturated carbocycles. The molecular weight excluding hydrogens is 218 g/mol. The van der Waals surface area contributed by atoms with Gasteiger partial charge in [-0.15, -0.1) is 0 Å². The Morgan fingerprint density at radius 1 is 1.41 bits per heavy atom. The van der Waals surface area contributed by atoms with Crippen LogP contribution in [0.4, 0.5) is 0 Å². The number of benzene rings is 1. The highest BCUT2D eigenvalue weighted by Crippen LogP contribution is 2.37. The molecule has 3 N–H and O–H groups in total. The van der Waals surface area contributed by atoms with E-state index < -0.39 is 0 Å². The molecule has 94 valence electrons. The average molecular weight is 237 g/mol. The first-order valence-corrected chi connectivity index (χ1v) is 5.98. The molecule has 0 amide bonds. The number of phenols is 2. The quantitative estimate of drug-likeness (QED) is 0.700. The minimum atomic E-state index is -0.0544. The molecular formula is C13H19NO3. The van der Waals surface area contributed by atoms with Gasteiger partial charge in [0.1, 0.15) is 0 Å². The smallest absolute Gasteiger partial charge is 0.161 e. The molecule has 0 aliphatic carbocycles. The van der Waals surface area contributed by atoms with Crippen LogP contribution in [-0.2, 0) is 11.2 Å². The molecule has 1 aromatic carbocycles. The molecule has 4 nitrogen and oxygen atoms in total. The van der Waals surface area contributed by atoms with Gasteiger partial charge in [0.05, 0.1) is 12.7 Å². The molecule has 1 aromatic rings. The summed E-state index contributed by atoms with van der Waals surface area (Å²) in [5, 5.41) is 22.6. The van der Waals surface area contributed by atoms with Gasteiger partial charge in [0.2, 0.25) is 0 Å². The van der Waals surface area contributed by atoms with Crippen LogP contribution in [0.5, 0.6) is 11.5 Å². The SMILES string of the molecule is CC(C)NC[C@H]1OCCc2c1ccc(O)c2O. The summed E-state index contributed by atoms with van der Waals surface area (Å²) >= 11 is 0. The zero-order valence-corrected chi connectivity index (χ0v) is 10.2. The first-order valence-electron chi connectivity index (χ1n) is 5.98. The van der Waals surface area contributed by atoms with Crippen LogP contribution >= 0.6 is 0 Å². The first-order chi connectivity index (χ1) is 8.09. The fourth-order valence-corrected chi connectivity index (χ4v) is 2.11. The van der Waals surface area contributed by atoms with Gasteiger partial charge in [-0.25, -0.2) is 0 Å². The van der Waals surface area contributed by atoms with Crippen LogP contribution in [0.3, 0.4) is 0 Å². The topological polar surface area (TPSA) is 61.7 Å². The summed E-state index contributed by atoms with van der Waals surface area (Å²) in [5.41, 5.74) is 1.78. The molecule has 0 spiro atoms. The largest absolute Gasteiger partial charge is 0.504 e. The van der Waals surface area contributed by atoms with E-state index in [0.717, 1.165) is 17.7 Å². The summed E-state index contributed by atoms with van der Waals surface area (Å²) < 4.78 is 5.69. The van der Waals surface area contributed by atoms with Crippen molar-refractivity contribution < 1.29 is 14.9 Å². The van der Waals surface area contributed by atoms with Crippen molar-refractivity contribution in [3.63, 3.8) is 0 Å². The van der Waals surface area contributed by atoms with Crippen LogP contribution in [0.2, 0.25) is 0 Å². The van der Waals surface area contributed by atoms with Gasteiger partial charge in [0.25, 0.3) is 0 Å². The predicted molar refractivity (Wildman–Crippen MR) is 65.3 cm³/mol. The van der Waals surface area contributed by atoms with Gasteiger partial charge in [-0.1, -0.05) is 19.9 Å². The van der Waals surface area contributed by atoms with Crippen LogP contribution in [0.15, 0.2) is 12.1 Å². The highest BCUT2D eigenvalue weighted by atomic mass is 16.5. The van der Waals surface area contributed by atoms with E-state index in [-0.39, 0.29) is 17.6 Å². The number of nitrogens with one attached hydrogen (secondary N) is 1. The number of phenolic OH excluding ortho intramolecular Hbond substituents is 2. The van der Waals surface area contributed by atoms with Crippen molar-refractivity contribution in [1.29, 1.82) is 0 Å². The zero-order valence-electron chi connectivity index (χ0n) is 10.2. The van der Waals surface area contributed by atoms with E-state index in [9.17, 15) is 10.2 Å². The Morgan fingerprint density at radius 3 is 2.88 bits per heavy atom. The third kappa shape index (κ3) is 2.53. The number of hydrogen-bond acceptors (Lipinski definition) is 4. The monoisotopic (exact) mass is 237 g/mol. The third-order valence-corrected chi connectivity index (χ3v) is 3.03. The molecule has 4 heteroatoms. The Labute approximate surface area is 101 Å². The van der Waals surface area contributed by atoms with Crippen LogP contribution in [0, 0.1) is 0 Å². The first kappa shape index (κ1) is 12.2. The van der Waals surface area contributed by atoms with Crippen LogP contribution in [0.25, 0.3) is 0 Å². The van der Waals surface area contributed by atoms with Crippen LogP contribution < -0.4 is 5.32 Å². The van der Waals surface area contributed by atoms with Crippen molar-refractivity contribution in [3.8, 4) is 11.5 Å². The lowest BCUT2D eigenvalue weighted by Gasteiger charge is -2.27. The molecule has 0 fully saturated rings. The molecule has 0 radical (unpaired) electrons. The number of fused-ring (bicyclic) bond motifs is 1. The van der Waals surface area contributed by atoms with Crippen LogP contribution in [-0.4, -0.2) is 29.4 Å². The van der Waals surface area contributed by atoms with Gasteiger partial charge in [-0.05, 0) is 18.1 Å². The Bertz CT molecular complexity index is 404. The summed E-state index contributed by atoms with van der Waals surface area (Å²) in [6.45, 7) is 5.46. The lowest BCUT2D eigenvalue weighted by atomic mass is 9.96. The van der Waals surface area contributed by atoms with Crippen molar-refractivity contribution in [1.82, 2.24) is 5.32 Å². The van der Waals surface area contributed by atoms with Crippen molar-refractivity contribution in [2.75, 3.05) is 13.2 Å². The second kappa shape index (κ2) is 4.94. The maximum atomic E-state index is 9.81. The molecule has 1 atom stereocenters. The molecule has 0 saturated heterocycles. The van der Waals surface area contributed by atoms with Crippen molar-refractivity contribution in [2.24, 2.45) is 0 Å². The van der Waals surface area contributed by atoms with E-state index in [1.54, 1.807) is 0 Å². The highest BCUT2D eigenvalue weighted by Gasteiger charge is 2.24. The zero-order chi connectivity index (χ0) is 12.4. The Morgan fingerprint density at radius 2 is 2.18 bits per heavy atom. The third-order valence-electron chi connectivity index (χ3n) is 3.03. The number of hydrogen-bond donors (Lipinski definition) is 3. The molecule has 0 bridgehead atoms. The Hall–Kier alpha value is -1.26. The van der Waals surface area contributed by atoms with Gasteiger partial charge in [-0.2, -0.15) is 0 Å². The summed E-state index contributed by atoms with van der Waals surface area (Å²) in [6, 6.07) is 3.75. The van der Waals surface area contributed by atoms with Gasteiger partial charge < -0.3 is 20.3 Å². The van der Waals surface area contributed by atoms with Crippen molar-refractivity contribution >= 4 is 0 Å². The molecule has 1 aliphatic heterocycles. The summed E-state index contributed by atoms with van der Waals surface area (Å²) in [7, 11) is 0. The molecule has 1 heterocycles. The fraction of sp³-hybridized carbons (Fsp3) is 0.538. The maximum Gasteiger partial charge on any atom is 0.161 e. The summed E-state index contributed by atoms with van der Waals surface area (Å²) in [5.74, 6) is -0.0541. The van der Waals surface area contributed by atoms with Gasteiger partial charge >= 0.3 is 0 Å². The fourth-order valence-electron chi connectivity index (χ4n) is 2.11. The number of ether oxygens (including phenoxy) is 1. The molecule has 0 aromatic heterocycles. The lowest BCUT2D eigenvalue weighted by Crippen LogP contribution is -2.31. The van der Waals surface area contributed by atoms with Gasteiger partial charge in [-0.3, -0.25) is 0 Å². The minimum absolute atomic E-state index is 0.000321. The van der Waals surface area contributed by atoms with E-state index in [1.807, 2.05) is 6.07 Å². The molecule has 1 aliphatic rings. The summed E-state index contributed by atoms with van der Waals surface area (Å²) in [4.78, 5) is 0. The van der Waals surface area contributed by atoms with Gasteiger partial charge in [0.15, 0.2) is 11.5 Å². The summed E-state index contributed by atoms with van der Waals surface area (Å²) in [6.07, 6.45) is 0.598. The van der Waals surface area contributed by atoms with Gasteiger partial charge in [0, 0.05) is 18.2 Å². The predicted octanol–water partition coefficient (Wildman–Crippen LogP) is 1.71. The normalized spacial score (nSPS) is 19.4. The van der Waals surface area contributed by atoms with Crippen molar-refractivity contribution in [2.45, 2.75) is 32.4 Å². The standard InChI is InChI=1S/C13H19NO3/c1-8(2)14-7-12-9-3-4-11(15)13(16)10(9)5-6-17-12/h3-4,8,12,14-16H,5-7H2,1-2H3/t12-/m1/s1. The van der Waals surface area contributed by atoms with E-state index in [2.05, 4.69) is 19.2 Å². The average Bonchev–Trinajstić information content (AvgIpc) is 2.31. The Balaban J connectivity index is 2.23. The molecule has 2 rings (SSSR count). The molecule has 17 heavy (non-hydrogen) atoms. The lowest BCUT2D eigenvalue weighted by molar-refractivity contribution is 0.0405. The van der Waals surface area contributed by atoms with Crippen LogP contribution in [0.1, 0.15) is 31.1 Å². The van der Waals surface area contributed by atoms with E-state index in [4.69, 9.17) is 4.74 Å². The van der Waals surface area contributed by atoms with E-state index in [0.29, 0.717) is 19.1 Å². The number of aromatic hydroxyl groups is 2. The van der Waals surface area contributed by atoms with E-state index in [1.165, 1.54) is 6.07 Å². The van der Waals surface area contributed by atoms with E-state index >= 15 is 0 Å². The number of rotatable bonds is 3. The minimum Gasteiger partial charge on any atom is -0.504 e. The Kier molecular flexibility index (Phi) is 3.54. The molecule has 0 unspecified atom stereocenters. The van der Waals surface area contributed by atoms with Crippen molar-refractivity contribution in [3.05, 3.63) is 23.3 Å².